The Balaban J connectivity index is 0.00000145. The van der Waals surface area contributed by atoms with E-state index in [9.17, 15) is 0 Å². The van der Waals surface area contributed by atoms with Gasteiger partial charge in [-0.1, -0.05) is 35.8 Å². The van der Waals surface area contributed by atoms with Crippen LogP contribution in [0.1, 0.15) is 44.8 Å². The van der Waals surface area contributed by atoms with E-state index in [4.69, 9.17) is 19.4 Å². The van der Waals surface area contributed by atoms with E-state index in [0.717, 1.165) is 0 Å². The number of rotatable bonds is 10. The molecule has 0 spiro atoms. The van der Waals surface area contributed by atoms with Crippen LogP contribution in [0.3, 0.4) is 0 Å². The molecule has 3 aromatic heterocycles. The van der Waals surface area contributed by atoms with Crippen molar-refractivity contribution in [1.29, 1.82) is 0 Å². The van der Waals surface area contributed by atoms with Gasteiger partial charge in [-0.15, -0.1) is 15.5 Å². The average Bonchev–Trinajstić information content (AvgIpc) is 3.73. The Morgan fingerprint density at radius 1 is 0.718 bits per heavy atom. The molecule has 0 aliphatic carbocycles. The molecule has 0 fully saturated rings. The van der Waals surface area contributed by atoms with E-state index in [-0.39, 0.29) is 36.1 Å². The fourth-order valence-electron chi connectivity index (χ4n) is 2.90. The summed E-state index contributed by atoms with van der Waals surface area (Å²) in [5.74, 6) is 0. The van der Waals surface area contributed by atoms with Crippen molar-refractivity contribution in [2.75, 3.05) is 6.61 Å². The summed E-state index contributed by atoms with van der Waals surface area (Å²) in [6.45, 7) is 4.35. The number of benzene rings is 1. The Morgan fingerprint density at radius 2 is 1.05 bits per heavy atom. The van der Waals surface area contributed by atoms with Gasteiger partial charge in [0.2, 0.25) is 0 Å². The van der Waals surface area contributed by atoms with Gasteiger partial charge in [0.1, 0.15) is 17.1 Å². The van der Waals surface area contributed by atoms with Gasteiger partial charge in [-0.2, -0.15) is 15.3 Å². The topological polar surface area (TPSA) is 171 Å². The third-order valence-electron chi connectivity index (χ3n) is 4.81. The second-order valence-electron chi connectivity index (χ2n) is 7.59. The summed E-state index contributed by atoms with van der Waals surface area (Å²) in [7, 11) is 0. The van der Waals surface area contributed by atoms with Crippen LogP contribution in [0, 0.1) is 0 Å². The van der Waals surface area contributed by atoms with Crippen molar-refractivity contribution in [3.8, 4) is 0 Å². The van der Waals surface area contributed by atoms with Gasteiger partial charge in [0.15, 0.2) is 0 Å². The summed E-state index contributed by atoms with van der Waals surface area (Å²) < 4.78 is 17.8. The Kier molecular flexibility index (Phi) is 14.3. The van der Waals surface area contributed by atoms with Gasteiger partial charge in [0.25, 0.3) is 0 Å². The minimum absolute atomic E-state index is 0. The largest absolute Gasteiger partial charge is 2.00 e. The fourth-order valence-corrected chi connectivity index (χ4v) is 2.90. The first-order chi connectivity index (χ1) is 18.0. The van der Waals surface area contributed by atoms with Gasteiger partial charge in [-0.05, 0) is 45.9 Å². The number of aromatic amines is 3. The molecule has 207 valence electrons. The number of nitrogens with one attached hydrogen (secondary N) is 3. The quantitative estimate of drug-likeness (QED) is 0.107. The molecule has 4 rings (SSSR count). The molecule has 39 heavy (non-hydrogen) atoms. The van der Waals surface area contributed by atoms with Gasteiger partial charge in [0.05, 0.1) is 17.1 Å². The molecule has 1 aromatic carbocycles. The van der Waals surface area contributed by atoms with Crippen LogP contribution >= 0.6 is 0 Å². The van der Waals surface area contributed by atoms with Crippen LogP contribution in [-0.4, -0.2) is 66.2 Å². The molecule has 4 aromatic rings. The first-order valence-corrected chi connectivity index (χ1v) is 11.5. The number of oxime groups is 3. The van der Waals surface area contributed by atoms with E-state index in [1.54, 1.807) is 76.6 Å². The summed E-state index contributed by atoms with van der Waals surface area (Å²) in [6, 6.07) is 14.3. The maximum absolute atomic E-state index is 7.57. The number of halogens is 1. The molecule has 0 amide bonds. The van der Waals surface area contributed by atoms with Gasteiger partial charge < -0.3 is 31.8 Å². The van der Waals surface area contributed by atoms with E-state index < -0.39 is 6.75 Å². The molecule has 16 heteroatoms. The first kappa shape index (κ1) is 33.1. The molecule has 3 heterocycles. The predicted octanol–water partition coefficient (Wildman–Crippen LogP) is -0.676. The van der Waals surface area contributed by atoms with E-state index in [0.29, 0.717) is 39.7 Å². The molecular formula is C23H29BClMnN9O4. The Morgan fingerprint density at radius 3 is 1.33 bits per heavy atom. The molecular weight excluding hydrogens is 568 g/mol. The summed E-state index contributed by atoms with van der Waals surface area (Å²) in [5, 5.41) is 40.8. The van der Waals surface area contributed by atoms with Crippen LogP contribution in [0.15, 0.2) is 82.6 Å². The molecule has 0 atom stereocenters. The number of aromatic nitrogens is 6. The van der Waals surface area contributed by atoms with Crippen molar-refractivity contribution in [3.05, 3.63) is 84.2 Å². The summed E-state index contributed by atoms with van der Waals surface area (Å²) in [5.41, 5.74) is 3.82. The third kappa shape index (κ3) is 9.41. The van der Waals surface area contributed by atoms with Gasteiger partial charge in [-0.3, -0.25) is 15.3 Å². The number of aliphatic hydroxyl groups excluding tert-OH is 1. The number of H-pyrrole nitrogens is 3. The maximum atomic E-state index is 7.57. The van der Waals surface area contributed by atoms with Gasteiger partial charge in [0, 0.05) is 25.2 Å². The van der Waals surface area contributed by atoms with Gasteiger partial charge in [-0.25, -0.2) is 0 Å². The number of aliphatic hydroxyl groups is 1. The smallest absolute Gasteiger partial charge is 1.00 e. The normalized spacial score (nSPS) is 11.9. The van der Waals surface area contributed by atoms with E-state index >= 15 is 0 Å². The molecule has 0 saturated carbocycles. The first-order valence-electron chi connectivity index (χ1n) is 11.5. The molecule has 4 N–H and O–H groups in total. The van der Waals surface area contributed by atoms with Crippen LogP contribution in [0.5, 0.6) is 0 Å². The zero-order chi connectivity index (χ0) is 26.5. The average molecular weight is 597 g/mol. The van der Waals surface area contributed by atoms with Crippen LogP contribution in [-0.2, 0) is 31.3 Å². The number of nitrogens with zero attached hydrogens (tertiary/aromatic N) is 6. The van der Waals surface area contributed by atoms with Crippen molar-refractivity contribution in [2.45, 2.75) is 27.7 Å². The maximum Gasteiger partial charge on any atom is 2.00 e. The molecule has 13 nitrogen and oxygen atoms in total. The zero-order valence-corrected chi connectivity index (χ0v) is 23.7. The van der Waals surface area contributed by atoms with Crippen molar-refractivity contribution in [3.63, 3.8) is 0 Å². The van der Waals surface area contributed by atoms with E-state index in [1.165, 1.54) is 0 Å². The Hall–Kier alpha value is -3.91. The molecule has 0 aliphatic heterocycles. The zero-order valence-electron chi connectivity index (χ0n) is 21.7. The van der Waals surface area contributed by atoms with Crippen LogP contribution in [0.4, 0.5) is 0 Å². The third-order valence-corrected chi connectivity index (χ3v) is 4.81. The SMILES string of the molecule is C/C(=N\O[B-](O/N=C(\C)c1cc[nH]n1)(O/N=C(\C)c1cc[nH]n1)c1ccccc1)c1cc[nH]n1.CCO.[Cl-].[Mn+2]. The van der Waals surface area contributed by atoms with Gasteiger partial charge >= 0.3 is 23.8 Å². The minimum Gasteiger partial charge on any atom is -1.00 e. The number of hydrogen-bond acceptors (Lipinski definition) is 10. The standard InChI is InChI=1S/C21H23BN9O3.C2H6O.ClH.Mn/c1-15(19-9-12-23-26-19)29-32-22(18-7-5-4-6-8-18,33-30-16(2)20-10-13-24-27-20)34-31-17(3)21-11-14-25-28-21;1-2-3;;/h4-14H,1-3H3,(H,23,26)(H,24,27)(H,25,28);3H,2H2,1H3;1H;/q-1;;;+2/p-1/b29-15+,30-16+,31-17+;;;. The van der Waals surface area contributed by atoms with Crippen molar-refractivity contribution >= 4 is 29.4 Å². The predicted molar refractivity (Wildman–Crippen MR) is 140 cm³/mol. The summed E-state index contributed by atoms with van der Waals surface area (Å²) >= 11 is 0. The van der Waals surface area contributed by atoms with E-state index in [2.05, 4.69) is 46.1 Å². The van der Waals surface area contributed by atoms with Crippen molar-refractivity contribution < 1.29 is 48.8 Å². The molecule has 0 bridgehead atoms. The van der Waals surface area contributed by atoms with Crippen LogP contribution in [0.25, 0.3) is 0 Å². The summed E-state index contributed by atoms with van der Waals surface area (Å²) in [6.07, 6.45) is 5.06. The van der Waals surface area contributed by atoms with E-state index in [1.807, 2.05) is 18.2 Å². The van der Waals surface area contributed by atoms with Crippen LogP contribution < -0.4 is 17.9 Å². The Labute approximate surface area is 242 Å². The van der Waals surface area contributed by atoms with Crippen molar-refractivity contribution in [2.24, 2.45) is 15.5 Å². The fraction of sp³-hybridized carbons (Fsp3) is 0.217. The molecule has 0 saturated heterocycles. The molecule has 1 radical (unpaired) electrons. The molecule has 0 unspecified atom stereocenters. The van der Waals surface area contributed by atoms with Crippen molar-refractivity contribution in [1.82, 2.24) is 30.6 Å². The summed E-state index contributed by atoms with van der Waals surface area (Å²) in [4.78, 5) is 0. The van der Waals surface area contributed by atoms with Crippen LogP contribution in [0.2, 0.25) is 0 Å². The second-order valence-corrected chi connectivity index (χ2v) is 7.59. The number of hydrogen-bond donors (Lipinski definition) is 4. The Bertz CT molecular complexity index is 1160. The minimum atomic E-state index is -2.82. The second kappa shape index (κ2) is 16.8. The molecule has 0 aliphatic rings. The monoisotopic (exact) mass is 596 g/mol.